The van der Waals surface area contributed by atoms with E-state index in [1.54, 1.807) is 28.5 Å². The van der Waals surface area contributed by atoms with Crippen molar-refractivity contribution in [1.29, 1.82) is 0 Å². The SMILES string of the molecule is Cn1cc(NC(=O)c2ccc3ccc(N4C[C@H]5CC[C@@H]4CN5)nn23)c(Cl)n1.O=C(O)C(F)(F)F. The number of carbonyl (C=O) groups is 2. The monoisotopic (exact) mass is 499 g/mol. The molecule has 182 valence electrons. The van der Waals surface area contributed by atoms with Crippen LogP contribution in [-0.4, -0.2) is 67.7 Å². The number of anilines is 2. The zero-order chi connectivity index (χ0) is 24.6. The number of rotatable bonds is 3. The number of amides is 1. The molecule has 3 N–H and O–H groups in total. The molecule has 2 bridgehead atoms. The minimum absolute atomic E-state index is 0.261. The standard InChI is InChI=1S/C18H20ClN7O.C2HF3O2/c1-24-10-14(17(19)23-24)21-18(27)15-6-4-12-5-7-16(22-26(12)15)25-9-11-2-3-13(25)8-20-11;3-2(4,5)1(6)7/h4-7,10-11,13,20H,2-3,8-9H2,1H3,(H,21,27);(H,6,7)/t11-,13-;/m1./s1. The van der Waals surface area contributed by atoms with E-state index in [1.165, 1.54) is 12.8 Å². The Kier molecular flexibility index (Phi) is 6.41. The van der Waals surface area contributed by atoms with Crippen LogP contribution in [0.25, 0.3) is 5.52 Å². The Morgan fingerprint density at radius 1 is 1.21 bits per heavy atom. The fourth-order valence-electron chi connectivity index (χ4n) is 4.02. The number of nitrogens with zero attached hydrogens (tertiary/aromatic N) is 5. The number of hydrogen-bond acceptors (Lipinski definition) is 6. The maximum atomic E-state index is 12.8. The van der Waals surface area contributed by atoms with Crippen molar-refractivity contribution in [3.63, 3.8) is 0 Å². The Balaban J connectivity index is 0.000000344. The zero-order valence-corrected chi connectivity index (χ0v) is 18.6. The number of hydrogen-bond donors (Lipinski definition) is 3. The van der Waals surface area contributed by atoms with Gasteiger partial charge in [0.2, 0.25) is 0 Å². The summed E-state index contributed by atoms with van der Waals surface area (Å²) in [4.78, 5) is 24.0. The van der Waals surface area contributed by atoms with Crippen LogP contribution >= 0.6 is 11.6 Å². The molecule has 3 saturated heterocycles. The number of halogens is 4. The first-order valence-electron chi connectivity index (χ1n) is 10.3. The third kappa shape index (κ3) is 4.94. The Hall–Kier alpha value is -3.32. The van der Waals surface area contributed by atoms with Gasteiger partial charge in [-0.3, -0.25) is 9.48 Å². The molecule has 6 rings (SSSR count). The molecule has 0 aromatic carbocycles. The smallest absolute Gasteiger partial charge is 0.475 e. The maximum absolute atomic E-state index is 12.8. The van der Waals surface area contributed by atoms with Crippen molar-refractivity contribution in [1.82, 2.24) is 24.7 Å². The summed E-state index contributed by atoms with van der Waals surface area (Å²) in [6.07, 6.45) is -1.02. The van der Waals surface area contributed by atoms with Gasteiger partial charge in [-0.1, -0.05) is 11.6 Å². The van der Waals surface area contributed by atoms with Crippen LogP contribution in [0.15, 0.2) is 30.5 Å². The second kappa shape index (κ2) is 9.14. The molecule has 6 heterocycles. The van der Waals surface area contributed by atoms with E-state index >= 15 is 0 Å². The van der Waals surface area contributed by atoms with Crippen LogP contribution in [0.5, 0.6) is 0 Å². The molecule has 0 radical (unpaired) electrons. The van der Waals surface area contributed by atoms with Gasteiger partial charge < -0.3 is 20.6 Å². The average molecular weight is 500 g/mol. The van der Waals surface area contributed by atoms with Gasteiger partial charge in [0.1, 0.15) is 11.5 Å². The van der Waals surface area contributed by atoms with Crippen molar-refractivity contribution >= 4 is 40.5 Å². The first-order chi connectivity index (χ1) is 16.0. The van der Waals surface area contributed by atoms with Gasteiger partial charge in [-0.05, 0) is 37.1 Å². The fourth-order valence-corrected chi connectivity index (χ4v) is 4.24. The minimum Gasteiger partial charge on any atom is -0.475 e. The lowest BCUT2D eigenvalue weighted by Gasteiger charge is -2.46. The van der Waals surface area contributed by atoms with Gasteiger partial charge in [0.15, 0.2) is 5.15 Å². The molecule has 0 spiro atoms. The first kappa shape index (κ1) is 23.8. The molecule has 2 atom stereocenters. The Bertz CT molecular complexity index is 1220. The highest BCUT2D eigenvalue weighted by atomic mass is 35.5. The summed E-state index contributed by atoms with van der Waals surface area (Å²) in [6, 6.07) is 8.69. The summed E-state index contributed by atoms with van der Waals surface area (Å²) >= 11 is 6.05. The molecule has 3 aliphatic heterocycles. The number of carbonyl (C=O) groups excluding carboxylic acids is 1. The molecule has 3 aromatic heterocycles. The number of alkyl halides is 3. The molecule has 0 unspecified atom stereocenters. The molecule has 3 fully saturated rings. The lowest BCUT2D eigenvalue weighted by Crippen LogP contribution is -2.61. The predicted octanol–water partition coefficient (Wildman–Crippen LogP) is 2.55. The van der Waals surface area contributed by atoms with E-state index in [2.05, 4.69) is 20.6 Å². The van der Waals surface area contributed by atoms with Crippen molar-refractivity contribution in [3.8, 4) is 0 Å². The van der Waals surface area contributed by atoms with E-state index in [4.69, 9.17) is 26.6 Å². The van der Waals surface area contributed by atoms with Gasteiger partial charge in [-0.25, -0.2) is 9.31 Å². The second-order valence-electron chi connectivity index (χ2n) is 8.00. The van der Waals surface area contributed by atoms with E-state index in [0.29, 0.717) is 23.5 Å². The molecular formula is C20H21ClF3N7O3. The van der Waals surface area contributed by atoms with E-state index in [9.17, 15) is 18.0 Å². The number of carboxylic acids is 1. The highest BCUT2D eigenvalue weighted by Gasteiger charge is 2.38. The molecule has 1 amide bonds. The third-order valence-corrected chi connectivity index (χ3v) is 5.92. The number of piperidine rings is 2. The molecule has 0 saturated carbocycles. The largest absolute Gasteiger partial charge is 0.490 e. The van der Waals surface area contributed by atoms with Crippen molar-refractivity contribution in [2.24, 2.45) is 7.05 Å². The van der Waals surface area contributed by atoms with Crippen molar-refractivity contribution in [2.45, 2.75) is 31.1 Å². The summed E-state index contributed by atoms with van der Waals surface area (Å²) in [7, 11) is 1.75. The lowest BCUT2D eigenvalue weighted by atomic mass is 9.93. The van der Waals surface area contributed by atoms with Gasteiger partial charge in [0, 0.05) is 38.4 Å². The second-order valence-corrected chi connectivity index (χ2v) is 8.36. The van der Waals surface area contributed by atoms with Gasteiger partial charge in [-0.15, -0.1) is 5.10 Å². The molecule has 0 aliphatic carbocycles. The van der Waals surface area contributed by atoms with Gasteiger partial charge in [0.25, 0.3) is 5.91 Å². The molecule has 10 nitrogen and oxygen atoms in total. The van der Waals surface area contributed by atoms with Gasteiger partial charge in [0.05, 0.1) is 11.2 Å². The first-order valence-corrected chi connectivity index (χ1v) is 10.7. The molecule has 34 heavy (non-hydrogen) atoms. The van der Waals surface area contributed by atoms with Crippen molar-refractivity contribution < 1.29 is 27.9 Å². The number of nitrogens with one attached hydrogen (secondary N) is 2. The van der Waals surface area contributed by atoms with E-state index in [1.807, 2.05) is 18.2 Å². The number of aliphatic carboxylic acids is 1. The van der Waals surface area contributed by atoms with Crippen LogP contribution < -0.4 is 15.5 Å². The fraction of sp³-hybridized carbons (Fsp3) is 0.400. The number of aromatic nitrogens is 4. The topological polar surface area (TPSA) is 117 Å². The number of fused-ring (bicyclic) bond motifs is 4. The molecule has 3 aromatic rings. The Morgan fingerprint density at radius 2 is 1.91 bits per heavy atom. The number of carboxylic acid groups (broad SMARTS) is 1. The minimum atomic E-state index is -5.08. The Labute approximate surface area is 196 Å². The van der Waals surface area contributed by atoms with Crippen LogP contribution in [-0.2, 0) is 11.8 Å². The maximum Gasteiger partial charge on any atom is 0.490 e. The average Bonchev–Trinajstić information content (AvgIpc) is 3.36. The molecular weight excluding hydrogens is 479 g/mol. The highest BCUT2D eigenvalue weighted by molar-refractivity contribution is 6.32. The van der Waals surface area contributed by atoms with Crippen LogP contribution in [0.1, 0.15) is 23.3 Å². The van der Waals surface area contributed by atoms with Crippen LogP contribution in [0.3, 0.4) is 0 Å². The summed E-state index contributed by atoms with van der Waals surface area (Å²) in [5.41, 5.74) is 1.82. The Morgan fingerprint density at radius 3 is 2.44 bits per heavy atom. The number of piperazine rings is 1. The summed E-state index contributed by atoms with van der Waals surface area (Å²) in [5, 5.41) is 22.6. The third-order valence-electron chi connectivity index (χ3n) is 5.64. The number of aryl methyl sites for hydroxylation is 1. The van der Waals surface area contributed by atoms with E-state index < -0.39 is 12.1 Å². The summed E-state index contributed by atoms with van der Waals surface area (Å²) < 4.78 is 35.0. The van der Waals surface area contributed by atoms with E-state index in [-0.39, 0.29) is 11.1 Å². The quantitative estimate of drug-likeness (QED) is 0.507. The molecule has 3 aliphatic rings. The lowest BCUT2D eigenvalue weighted by molar-refractivity contribution is -0.192. The summed E-state index contributed by atoms with van der Waals surface area (Å²) in [5.74, 6) is -2.12. The van der Waals surface area contributed by atoms with Crippen LogP contribution in [0, 0.1) is 0 Å². The van der Waals surface area contributed by atoms with Crippen LogP contribution in [0.4, 0.5) is 24.7 Å². The normalized spacial score (nSPS) is 19.6. The summed E-state index contributed by atoms with van der Waals surface area (Å²) in [6.45, 7) is 1.94. The highest BCUT2D eigenvalue weighted by Crippen LogP contribution is 2.27. The zero-order valence-electron chi connectivity index (χ0n) is 17.9. The predicted molar refractivity (Wildman–Crippen MR) is 117 cm³/mol. The molecule has 14 heteroatoms. The van der Waals surface area contributed by atoms with Gasteiger partial charge in [-0.2, -0.15) is 18.3 Å². The van der Waals surface area contributed by atoms with Crippen molar-refractivity contribution in [3.05, 3.63) is 41.3 Å². The van der Waals surface area contributed by atoms with Crippen molar-refractivity contribution in [2.75, 3.05) is 23.3 Å². The van der Waals surface area contributed by atoms with Gasteiger partial charge >= 0.3 is 12.1 Å². The van der Waals surface area contributed by atoms with E-state index in [0.717, 1.165) is 24.4 Å². The van der Waals surface area contributed by atoms with Crippen LogP contribution in [0.2, 0.25) is 5.15 Å².